The highest BCUT2D eigenvalue weighted by Crippen LogP contribution is 2.15. The molecule has 6 heteroatoms. The van der Waals surface area contributed by atoms with E-state index in [9.17, 15) is 14.4 Å². The zero-order valence-electron chi connectivity index (χ0n) is 41.8. The van der Waals surface area contributed by atoms with E-state index in [4.69, 9.17) is 14.2 Å². The maximum Gasteiger partial charge on any atom is 0.306 e. The van der Waals surface area contributed by atoms with Crippen LogP contribution in [0.3, 0.4) is 0 Å². The highest BCUT2D eigenvalue weighted by molar-refractivity contribution is 5.71. The van der Waals surface area contributed by atoms with Crippen LogP contribution in [0.5, 0.6) is 0 Å². The molecule has 0 aromatic carbocycles. The lowest BCUT2D eigenvalue weighted by Crippen LogP contribution is -2.30. The van der Waals surface area contributed by atoms with Gasteiger partial charge in [0.2, 0.25) is 0 Å². The van der Waals surface area contributed by atoms with Crippen molar-refractivity contribution in [2.45, 2.75) is 252 Å². The molecule has 0 aromatic heterocycles. The molecule has 0 rings (SSSR count). The number of carbonyl (C=O) groups is 3. The molecule has 0 N–H and O–H groups in total. The normalized spacial score (nSPS) is 12.7. The quantitative estimate of drug-likeness (QED) is 0.0199. The van der Waals surface area contributed by atoms with Gasteiger partial charge in [-0.25, -0.2) is 0 Å². The molecular weight excluding hydrogens is 793 g/mol. The Labute approximate surface area is 395 Å². The van der Waals surface area contributed by atoms with Crippen molar-refractivity contribution in [3.05, 3.63) is 85.1 Å². The zero-order chi connectivity index (χ0) is 46.5. The Morgan fingerprint density at radius 1 is 0.344 bits per heavy atom. The molecule has 0 saturated heterocycles. The van der Waals surface area contributed by atoms with Gasteiger partial charge in [0.15, 0.2) is 6.10 Å². The Hall–Kier alpha value is -3.41. The van der Waals surface area contributed by atoms with Crippen LogP contribution in [0.15, 0.2) is 85.1 Å². The SMILES string of the molecule is CC/C=C\C/C=C\C/C=C\C/C=C\C/C=C\CCC(=O)OCC(COC(=O)CCCCCCCCCCCCCCCCC)OC(=O)CCCCCCCC/C=C\C=C/CCCCC. The van der Waals surface area contributed by atoms with Crippen LogP contribution in [0, 0.1) is 0 Å². The third-order valence-electron chi connectivity index (χ3n) is 11.2. The molecule has 6 nitrogen and oxygen atoms in total. The number of hydrogen-bond acceptors (Lipinski definition) is 6. The predicted molar refractivity (Wildman–Crippen MR) is 274 cm³/mol. The van der Waals surface area contributed by atoms with Gasteiger partial charge >= 0.3 is 17.9 Å². The van der Waals surface area contributed by atoms with Crippen molar-refractivity contribution in [2.24, 2.45) is 0 Å². The molecule has 1 atom stereocenters. The number of carbonyl (C=O) groups excluding carboxylic acids is 3. The predicted octanol–water partition coefficient (Wildman–Crippen LogP) is 17.6. The van der Waals surface area contributed by atoms with Crippen LogP contribution < -0.4 is 0 Å². The van der Waals surface area contributed by atoms with Gasteiger partial charge in [-0.2, -0.15) is 0 Å². The van der Waals surface area contributed by atoms with Crippen molar-refractivity contribution in [1.82, 2.24) is 0 Å². The van der Waals surface area contributed by atoms with E-state index in [2.05, 4.69) is 99.8 Å². The molecule has 0 radical (unpaired) electrons. The van der Waals surface area contributed by atoms with Gasteiger partial charge in [0.05, 0.1) is 0 Å². The second-order valence-corrected chi connectivity index (χ2v) is 17.4. The summed E-state index contributed by atoms with van der Waals surface area (Å²) in [6.45, 7) is 6.43. The molecule has 0 fully saturated rings. The largest absolute Gasteiger partial charge is 0.462 e. The lowest BCUT2D eigenvalue weighted by atomic mass is 10.0. The fourth-order valence-corrected chi connectivity index (χ4v) is 7.19. The first-order valence-corrected chi connectivity index (χ1v) is 26.6. The summed E-state index contributed by atoms with van der Waals surface area (Å²) in [5.74, 6) is -0.999. The van der Waals surface area contributed by atoms with Crippen molar-refractivity contribution in [3.8, 4) is 0 Å². The molecular formula is C58H98O6. The van der Waals surface area contributed by atoms with Crippen LogP contribution in [-0.4, -0.2) is 37.2 Å². The molecule has 0 aromatic rings. The molecule has 366 valence electrons. The average molecular weight is 891 g/mol. The smallest absolute Gasteiger partial charge is 0.306 e. The molecule has 0 saturated carbocycles. The first-order valence-electron chi connectivity index (χ1n) is 26.6. The molecule has 0 heterocycles. The molecule has 64 heavy (non-hydrogen) atoms. The van der Waals surface area contributed by atoms with Gasteiger partial charge in [0.25, 0.3) is 0 Å². The topological polar surface area (TPSA) is 78.9 Å². The van der Waals surface area contributed by atoms with Crippen LogP contribution in [0.2, 0.25) is 0 Å². The molecule has 0 aliphatic heterocycles. The Kier molecular flexibility index (Phi) is 49.4. The lowest BCUT2D eigenvalue weighted by molar-refractivity contribution is -0.166. The van der Waals surface area contributed by atoms with Crippen molar-refractivity contribution in [1.29, 1.82) is 0 Å². The van der Waals surface area contributed by atoms with E-state index in [-0.39, 0.29) is 37.5 Å². The van der Waals surface area contributed by atoms with Crippen LogP contribution >= 0.6 is 0 Å². The molecule has 0 spiro atoms. The summed E-state index contributed by atoms with van der Waals surface area (Å²) in [6, 6.07) is 0. The summed E-state index contributed by atoms with van der Waals surface area (Å²) < 4.78 is 16.7. The summed E-state index contributed by atoms with van der Waals surface area (Å²) in [5, 5.41) is 0. The number of hydrogen-bond donors (Lipinski definition) is 0. The first-order chi connectivity index (χ1) is 31.5. The minimum atomic E-state index is -0.811. The Morgan fingerprint density at radius 3 is 1.14 bits per heavy atom. The maximum absolute atomic E-state index is 12.8. The van der Waals surface area contributed by atoms with Crippen LogP contribution in [0.4, 0.5) is 0 Å². The van der Waals surface area contributed by atoms with Gasteiger partial charge in [0.1, 0.15) is 13.2 Å². The zero-order valence-corrected chi connectivity index (χ0v) is 41.8. The van der Waals surface area contributed by atoms with Gasteiger partial charge < -0.3 is 14.2 Å². The van der Waals surface area contributed by atoms with Gasteiger partial charge in [-0.3, -0.25) is 14.4 Å². The number of esters is 3. The van der Waals surface area contributed by atoms with Crippen LogP contribution in [0.1, 0.15) is 245 Å². The summed E-state index contributed by atoms with van der Waals surface area (Å²) >= 11 is 0. The summed E-state index contributed by atoms with van der Waals surface area (Å²) in [6.07, 6.45) is 67.2. The Morgan fingerprint density at radius 2 is 0.688 bits per heavy atom. The molecule has 0 bridgehead atoms. The van der Waals surface area contributed by atoms with E-state index in [0.717, 1.165) is 83.5 Å². The van der Waals surface area contributed by atoms with E-state index in [1.165, 1.54) is 116 Å². The number of unbranched alkanes of at least 4 members (excludes halogenated alkanes) is 23. The van der Waals surface area contributed by atoms with Gasteiger partial charge in [-0.15, -0.1) is 0 Å². The van der Waals surface area contributed by atoms with Crippen molar-refractivity contribution >= 4 is 17.9 Å². The molecule has 0 aliphatic carbocycles. The maximum atomic E-state index is 12.8. The van der Waals surface area contributed by atoms with Crippen molar-refractivity contribution in [2.75, 3.05) is 13.2 Å². The molecule has 1 unspecified atom stereocenters. The standard InChI is InChI=1S/C58H98O6/c1-4-7-10-13-16-19-22-25-28-31-33-36-39-42-45-48-51-57(60)63-54-55(64-58(61)52-49-46-43-40-37-34-30-27-24-21-18-15-12-9-6-3)53-62-56(59)50-47-44-41-38-35-32-29-26-23-20-17-14-11-8-5-2/h7,10,16,18-19,21,24-25,27-28,33,36,42,45,55H,4-6,8-9,11-15,17,20,22-23,26,29-32,34-35,37-41,43-44,46-54H2,1-3H3/b10-7-,19-16-,21-18-,27-24-,28-25-,36-33-,45-42-. The van der Waals surface area contributed by atoms with Crippen molar-refractivity contribution in [3.63, 3.8) is 0 Å². The summed E-state index contributed by atoms with van der Waals surface area (Å²) in [7, 11) is 0. The van der Waals surface area contributed by atoms with E-state index in [0.29, 0.717) is 19.3 Å². The number of allylic oxidation sites excluding steroid dienone is 14. The van der Waals surface area contributed by atoms with E-state index >= 15 is 0 Å². The highest BCUT2D eigenvalue weighted by Gasteiger charge is 2.19. The van der Waals surface area contributed by atoms with Crippen molar-refractivity contribution < 1.29 is 28.6 Å². The minimum absolute atomic E-state index is 0.103. The summed E-state index contributed by atoms with van der Waals surface area (Å²) in [5.41, 5.74) is 0. The van der Waals surface area contributed by atoms with E-state index < -0.39 is 6.10 Å². The molecule has 0 amide bonds. The third kappa shape index (κ3) is 49.6. The second kappa shape index (κ2) is 52.2. The third-order valence-corrected chi connectivity index (χ3v) is 11.2. The van der Waals surface area contributed by atoms with Gasteiger partial charge in [-0.05, 0) is 77.0 Å². The van der Waals surface area contributed by atoms with E-state index in [1.54, 1.807) is 0 Å². The van der Waals surface area contributed by atoms with Gasteiger partial charge in [-0.1, -0.05) is 234 Å². The average Bonchev–Trinajstić information content (AvgIpc) is 3.29. The minimum Gasteiger partial charge on any atom is -0.462 e. The highest BCUT2D eigenvalue weighted by atomic mass is 16.6. The van der Waals surface area contributed by atoms with Crippen LogP contribution in [-0.2, 0) is 28.6 Å². The van der Waals surface area contributed by atoms with Crippen LogP contribution in [0.25, 0.3) is 0 Å². The number of rotatable bonds is 47. The van der Waals surface area contributed by atoms with Gasteiger partial charge in [0, 0.05) is 19.3 Å². The fourth-order valence-electron chi connectivity index (χ4n) is 7.19. The first kappa shape index (κ1) is 60.6. The monoisotopic (exact) mass is 891 g/mol. The summed E-state index contributed by atoms with van der Waals surface area (Å²) in [4.78, 5) is 38.0. The Balaban J connectivity index is 4.50. The fraction of sp³-hybridized carbons (Fsp3) is 0.707. The van der Waals surface area contributed by atoms with E-state index in [1.807, 2.05) is 6.08 Å². The number of ether oxygens (including phenoxy) is 3. The Bertz CT molecular complexity index is 1250. The lowest BCUT2D eigenvalue weighted by Gasteiger charge is -2.18. The second-order valence-electron chi connectivity index (χ2n) is 17.4. The molecule has 0 aliphatic rings.